The van der Waals surface area contributed by atoms with Crippen LogP contribution in [0, 0.1) is 18.3 Å². The molecule has 0 spiro atoms. The molecular weight excluding hydrogens is 448 g/mol. The first kappa shape index (κ1) is 23.8. The van der Waals surface area contributed by atoms with Gasteiger partial charge in [0.2, 0.25) is 0 Å². The molecule has 1 heterocycles. The maximum Gasteiger partial charge on any atom is 0.348 e. The second-order valence-corrected chi connectivity index (χ2v) is 9.18. The molecule has 1 aromatic heterocycles. The average molecular weight is 475 g/mol. The van der Waals surface area contributed by atoms with Gasteiger partial charge in [0.1, 0.15) is 12.4 Å². The van der Waals surface area contributed by atoms with E-state index in [4.69, 9.17) is 27.5 Å². The maximum absolute atomic E-state index is 13.2. The molecule has 0 saturated carbocycles. The van der Waals surface area contributed by atoms with Gasteiger partial charge in [-0.15, -0.1) is 6.42 Å². The van der Waals surface area contributed by atoms with E-state index < -0.39 is 5.06 Å². The highest BCUT2D eigenvalue weighted by Crippen LogP contribution is 2.31. The summed E-state index contributed by atoms with van der Waals surface area (Å²) in [4.78, 5) is 17.7. The van der Waals surface area contributed by atoms with Gasteiger partial charge >= 0.3 is 5.69 Å². The summed E-state index contributed by atoms with van der Waals surface area (Å²) < 4.78 is 12.6. The van der Waals surface area contributed by atoms with Crippen molar-refractivity contribution < 1.29 is 9.47 Å². The number of rotatable bonds is 7. The van der Waals surface area contributed by atoms with E-state index in [0.717, 1.165) is 16.5 Å². The minimum atomic E-state index is -0.947. The molecule has 0 amide bonds. The predicted molar refractivity (Wildman–Crippen MR) is 137 cm³/mol. The molecule has 174 valence electrons. The Morgan fingerprint density at radius 3 is 2.50 bits per heavy atom. The van der Waals surface area contributed by atoms with Gasteiger partial charge in [0.25, 0.3) is 0 Å². The van der Waals surface area contributed by atoms with E-state index in [1.807, 2.05) is 42.5 Å². The van der Waals surface area contributed by atoms with Crippen molar-refractivity contribution in [2.24, 2.45) is 5.92 Å². The second-order valence-electron chi connectivity index (χ2n) is 8.59. The third-order valence-electron chi connectivity index (χ3n) is 5.97. The molecule has 6 heteroatoms. The second kappa shape index (κ2) is 9.89. The third kappa shape index (κ3) is 4.94. The topological polar surface area (TPSA) is 53.3 Å². The summed E-state index contributed by atoms with van der Waals surface area (Å²) in [5.41, 5.74) is 3.17. The van der Waals surface area contributed by atoms with Gasteiger partial charge in [-0.3, -0.25) is 4.57 Å². The zero-order valence-corrected chi connectivity index (χ0v) is 20.3. The molecule has 1 aliphatic carbocycles. The summed E-state index contributed by atoms with van der Waals surface area (Å²) in [5.74, 6) is 3.50. The van der Waals surface area contributed by atoms with Gasteiger partial charge in [-0.25, -0.2) is 4.79 Å². The number of benzene rings is 2. The van der Waals surface area contributed by atoms with Crippen LogP contribution in [-0.2, 0) is 11.3 Å². The smallest absolute Gasteiger partial charge is 0.348 e. The minimum Gasteiger partial charge on any atom is -0.481 e. The first-order valence-electron chi connectivity index (χ1n) is 11.2. The van der Waals surface area contributed by atoms with Crippen LogP contribution in [0.2, 0.25) is 0 Å². The first-order chi connectivity index (χ1) is 16.3. The summed E-state index contributed by atoms with van der Waals surface area (Å²) in [6.07, 6.45) is 12.8. The fraction of sp³-hybridized carbons (Fsp3) is 0.286. The van der Waals surface area contributed by atoms with Crippen LogP contribution >= 0.6 is 11.6 Å². The van der Waals surface area contributed by atoms with Crippen LogP contribution < -0.4 is 10.4 Å². The number of aromatic nitrogens is 2. The number of hydrogen-bond donors (Lipinski definition) is 0. The minimum absolute atomic E-state index is 0.0294. The molecule has 0 N–H and O–H groups in total. The molecule has 0 radical (unpaired) electrons. The number of alkyl halides is 1. The Balaban J connectivity index is 1.80. The van der Waals surface area contributed by atoms with Crippen LogP contribution in [0.25, 0.3) is 22.2 Å². The van der Waals surface area contributed by atoms with Gasteiger partial charge in [-0.05, 0) is 41.8 Å². The van der Waals surface area contributed by atoms with E-state index in [1.165, 1.54) is 5.56 Å². The van der Waals surface area contributed by atoms with Crippen LogP contribution in [-0.4, -0.2) is 28.3 Å². The van der Waals surface area contributed by atoms with Crippen molar-refractivity contribution in [1.82, 2.24) is 9.55 Å². The number of allylic oxidation sites excluding steroid dienone is 2. The fourth-order valence-electron chi connectivity index (χ4n) is 3.99. The summed E-state index contributed by atoms with van der Waals surface area (Å²) >= 11 is 6.33. The average Bonchev–Trinajstić information content (AvgIpc) is 2.85. The fourth-order valence-corrected chi connectivity index (χ4v) is 4.14. The van der Waals surface area contributed by atoms with Gasteiger partial charge in [-0.2, -0.15) is 4.98 Å². The zero-order chi connectivity index (χ0) is 24.3. The number of fused-ring (bicyclic) bond motifs is 1. The Bertz CT molecular complexity index is 1330. The van der Waals surface area contributed by atoms with Gasteiger partial charge in [0.05, 0.1) is 11.2 Å². The Hall–Kier alpha value is -3.33. The van der Waals surface area contributed by atoms with E-state index in [-0.39, 0.29) is 18.2 Å². The van der Waals surface area contributed by atoms with E-state index in [0.29, 0.717) is 23.9 Å². The van der Waals surface area contributed by atoms with E-state index in [1.54, 1.807) is 23.8 Å². The molecule has 2 aromatic carbocycles. The Morgan fingerprint density at radius 1 is 1.18 bits per heavy atom. The number of hydrogen-bond acceptors (Lipinski definition) is 4. The molecule has 3 aromatic rings. The van der Waals surface area contributed by atoms with Gasteiger partial charge in [-0.1, -0.05) is 67.8 Å². The van der Waals surface area contributed by atoms with Crippen molar-refractivity contribution in [2.45, 2.75) is 31.4 Å². The monoisotopic (exact) mass is 474 g/mol. The lowest BCUT2D eigenvalue weighted by Gasteiger charge is -2.24. The standard InChI is InChI=1S/C28H27ClN2O3/c1-5-16-34-23-10-11-25-24(17-23)26(22-8-6-21(7-9-22)19(2)3)30-27(32)31(25)18-20-12-14-28(29,33-4)15-13-20/h1,6-15,17,19-20H,16,18H2,2-4H3. The summed E-state index contributed by atoms with van der Waals surface area (Å²) in [6.45, 7) is 4.87. The molecule has 0 bridgehead atoms. The molecule has 0 saturated heterocycles. The number of terminal acetylenes is 1. The molecular formula is C28H27ClN2O3. The highest BCUT2D eigenvalue weighted by atomic mass is 35.5. The van der Waals surface area contributed by atoms with E-state index in [9.17, 15) is 4.79 Å². The van der Waals surface area contributed by atoms with Crippen molar-refractivity contribution in [3.8, 4) is 29.4 Å². The van der Waals surface area contributed by atoms with Crippen molar-refractivity contribution in [2.75, 3.05) is 13.7 Å². The van der Waals surface area contributed by atoms with Crippen molar-refractivity contribution in [3.63, 3.8) is 0 Å². The first-order valence-corrected chi connectivity index (χ1v) is 11.6. The van der Waals surface area contributed by atoms with Gasteiger partial charge < -0.3 is 9.47 Å². The summed E-state index contributed by atoms with van der Waals surface area (Å²) in [7, 11) is 1.55. The number of nitrogens with zero attached hydrogens (tertiary/aromatic N) is 2. The number of ether oxygens (including phenoxy) is 2. The lowest BCUT2D eigenvalue weighted by atomic mass is 9.99. The predicted octanol–water partition coefficient (Wildman–Crippen LogP) is 5.52. The number of halogens is 1. The molecule has 0 aliphatic heterocycles. The lowest BCUT2D eigenvalue weighted by Crippen LogP contribution is -2.28. The SMILES string of the molecule is C#CCOc1ccc2c(c1)c(-c1ccc(C(C)C)cc1)nc(=O)n2CC1C=CC(Cl)(OC)C=C1. The lowest BCUT2D eigenvalue weighted by molar-refractivity contribution is 0.141. The van der Waals surface area contributed by atoms with Gasteiger partial charge in [0.15, 0.2) is 5.06 Å². The van der Waals surface area contributed by atoms with Crippen LogP contribution in [0.3, 0.4) is 0 Å². The van der Waals surface area contributed by atoms with Crippen LogP contribution in [0.5, 0.6) is 5.75 Å². The third-order valence-corrected chi connectivity index (χ3v) is 6.38. The summed E-state index contributed by atoms with van der Waals surface area (Å²) in [6, 6.07) is 13.8. The van der Waals surface area contributed by atoms with E-state index in [2.05, 4.69) is 36.9 Å². The van der Waals surface area contributed by atoms with Crippen LogP contribution in [0.1, 0.15) is 25.3 Å². The molecule has 0 unspecified atom stereocenters. The van der Waals surface area contributed by atoms with Crippen molar-refractivity contribution in [3.05, 3.63) is 82.8 Å². The van der Waals surface area contributed by atoms with Gasteiger partial charge in [0, 0.05) is 30.5 Å². The van der Waals surface area contributed by atoms with Crippen LogP contribution in [0.15, 0.2) is 71.6 Å². The highest BCUT2D eigenvalue weighted by molar-refractivity contribution is 6.25. The van der Waals surface area contributed by atoms with Crippen molar-refractivity contribution in [1.29, 1.82) is 0 Å². The maximum atomic E-state index is 13.2. The summed E-state index contributed by atoms with van der Waals surface area (Å²) in [5, 5.41) is -0.129. The Kier molecular flexibility index (Phi) is 6.92. The Morgan fingerprint density at radius 2 is 1.88 bits per heavy atom. The molecule has 1 aliphatic rings. The molecule has 4 rings (SSSR count). The Labute approximate surface area is 204 Å². The van der Waals surface area contributed by atoms with Crippen LogP contribution in [0.4, 0.5) is 0 Å². The number of methoxy groups -OCH3 is 1. The normalized spacial score (nSPS) is 19.5. The van der Waals surface area contributed by atoms with Crippen molar-refractivity contribution >= 4 is 22.5 Å². The largest absolute Gasteiger partial charge is 0.481 e. The van der Waals surface area contributed by atoms with E-state index >= 15 is 0 Å². The quantitative estimate of drug-likeness (QED) is 0.257. The molecule has 0 fully saturated rings. The molecule has 34 heavy (non-hydrogen) atoms. The molecule has 0 atom stereocenters. The molecule has 5 nitrogen and oxygen atoms in total. The highest BCUT2D eigenvalue weighted by Gasteiger charge is 2.24. The zero-order valence-electron chi connectivity index (χ0n) is 19.5.